The second-order valence-electron chi connectivity index (χ2n) is 4.25. The summed E-state index contributed by atoms with van der Waals surface area (Å²) < 4.78 is 4.99. The van der Waals surface area contributed by atoms with Crippen LogP contribution in [0.3, 0.4) is 0 Å². The molecule has 0 bridgehead atoms. The van der Waals surface area contributed by atoms with Crippen molar-refractivity contribution in [3.05, 3.63) is 12.3 Å². The fourth-order valence-electron chi connectivity index (χ4n) is 0.819. The number of hydrogen-bond acceptors (Lipinski definition) is 5. The number of carbonyl (C=O) groups excluding carboxylic acids is 1. The summed E-state index contributed by atoms with van der Waals surface area (Å²) in [5.41, 5.74) is -0.513. The fraction of sp³-hybridized carbons (Fsp3) is 0.700. The molecule has 0 spiro atoms. The normalized spacial score (nSPS) is 13.4. The number of hydrogen-bond donors (Lipinski definition) is 2. The topological polar surface area (TPSA) is 71.0 Å². The number of hydroxylamine groups is 2. The fourth-order valence-corrected chi connectivity index (χ4v) is 0.819. The lowest BCUT2D eigenvalue weighted by molar-refractivity contribution is -0.190. The molecule has 94 valence electrons. The minimum atomic E-state index is -1.13. The molecule has 0 rings (SSSR count). The maximum atomic E-state index is 11.3. The van der Waals surface area contributed by atoms with E-state index in [4.69, 9.17) is 9.57 Å². The van der Waals surface area contributed by atoms with Crippen LogP contribution in [0.5, 0.6) is 0 Å². The van der Waals surface area contributed by atoms with Gasteiger partial charge in [-0.1, -0.05) is 6.58 Å². The zero-order chi connectivity index (χ0) is 12.9. The molecule has 1 atom stereocenters. The van der Waals surface area contributed by atoms with Crippen molar-refractivity contribution in [3.8, 4) is 0 Å². The van der Waals surface area contributed by atoms with Crippen molar-refractivity contribution in [2.45, 2.75) is 32.6 Å². The van der Waals surface area contributed by atoms with Crippen molar-refractivity contribution in [2.75, 3.05) is 14.2 Å². The molecule has 16 heavy (non-hydrogen) atoms. The molecule has 0 saturated carbocycles. The predicted octanol–water partition coefficient (Wildman–Crippen LogP) is 0.836. The van der Waals surface area contributed by atoms with Crippen molar-refractivity contribution in [1.82, 2.24) is 10.4 Å². The summed E-state index contributed by atoms with van der Waals surface area (Å²) in [6.07, 6.45) is -1.79. The van der Waals surface area contributed by atoms with Crippen molar-refractivity contribution in [1.29, 1.82) is 0 Å². The van der Waals surface area contributed by atoms with E-state index in [1.807, 2.05) is 0 Å². The van der Waals surface area contributed by atoms with Gasteiger partial charge in [0.2, 0.25) is 0 Å². The summed E-state index contributed by atoms with van der Waals surface area (Å²) in [4.78, 5) is 16.1. The molecule has 6 heteroatoms. The number of aliphatic hydroxyl groups excluding tert-OH is 1. The summed E-state index contributed by atoms with van der Waals surface area (Å²) in [7, 11) is 2.90. The van der Waals surface area contributed by atoms with Gasteiger partial charge in [0.15, 0.2) is 6.23 Å². The molecule has 6 nitrogen and oxygen atoms in total. The second kappa shape index (κ2) is 5.83. The maximum absolute atomic E-state index is 11.3. The van der Waals surface area contributed by atoms with Crippen LogP contribution in [-0.2, 0) is 9.57 Å². The van der Waals surface area contributed by atoms with Gasteiger partial charge in [-0.25, -0.2) is 4.79 Å². The van der Waals surface area contributed by atoms with E-state index in [1.165, 1.54) is 14.2 Å². The summed E-state index contributed by atoms with van der Waals surface area (Å²) >= 11 is 0. The van der Waals surface area contributed by atoms with Crippen LogP contribution in [0.4, 0.5) is 4.79 Å². The molecule has 0 aromatic heterocycles. The van der Waals surface area contributed by atoms with Crippen LogP contribution >= 0.6 is 0 Å². The zero-order valence-electron chi connectivity index (χ0n) is 10.4. The lowest BCUT2D eigenvalue weighted by Crippen LogP contribution is -2.40. The Kier molecular flexibility index (Phi) is 5.43. The Hall–Kier alpha value is -1.11. The summed E-state index contributed by atoms with van der Waals surface area (Å²) in [5, 5.41) is 13.0. The van der Waals surface area contributed by atoms with E-state index in [2.05, 4.69) is 11.9 Å². The van der Waals surface area contributed by atoms with E-state index in [1.54, 1.807) is 20.8 Å². The first-order chi connectivity index (χ1) is 7.17. The van der Waals surface area contributed by atoms with Gasteiger partial charge in [0.1, 0.15) is 5.60 Å². The molecule has 1 unspecified atom stereocenters. The molecule has 2 N–H and O–H groups in total. The van der Waals surface area contributed by atoms with Crippen LogP contribution < -0.4 is 5.32 Å². The molecule has 0 aliphatic rings. The van der Waals surface area contributed by atoms with Crippen LogP contribution in [0.1, 0.15) is 20.8 Å². The number of carbonyl (C=O) groups is 1. The highest BCUT2D eigenvalue weighted by molar-refractivity contribution is 5.69. The minimum Gasteiger partial charge on any atom is -0.444 e. The molecule has 0 aliphatic carbocycles. The van der Waals surface area contributed by atoms with Gasteiger partial charge in [-0.05, 0) is 20.8 Å². The van der Waals surface area contributed by atoms with Gasteiger partial charge in [-0.2, -0.15) is 5.06 Å². The van der Waals surface area contributed by atoms with Gasteiger partial charge in [0.05, 0.1) is 12.8 Å². The van der Waals surface area contributed by atoms with Gasteiger partial charge < -0.3 is 9.84 Å². The quantitative estimate of drug-likeness (QED) is 0.555. The highest BCUT2D eigenvalue weighted by atomic mass is 16.7. The second-order valence-corrected chi connectivity index (χ2v) is 4.25. The van der Waals surface area contributed by atoms with Crippen LogP contribution in [0.2, 0.25) is 0 Å². The maximum Gasteiger partial charge on any atom is 0.412 e. The van der Waals surface area contributed by atoms with Gasteiger partial charge in [0, 0.05) is 7.05 Å². The zero-order valence-corrected chi connectivity index (χ0v) is 10.4. The number of nitrogens with zero attached hydrogens (tertiary/aromatic N) is 1. The molecule has 1 amide bonds. The van der Waals surface area contributed by atoms with Crippen LogP contribution in [0, 0.1) is 0 Å². The molecule has 0 heterocycles. The van der Waals surface area contributed by atoms with Crippen molar-refractivity contribution >= 4 is 6.09 Å². The Morgan fingerprint density at radius 3 is 2.38 bits per heavy atom. The minimum absolute atomic E-state index is 0.0820. The standard InChI is InChI=1S/C10H20N2O4/c1-7(8(13)12(5)15-6)11-9(14)16-10(2,3)4/h8,13H,1H2,2-6H3,(H,11,14). The van der Waals surface area contributed by atoms with Crippen molar-refractivity contribution in [3.63, 3.8) is 0 Å². The number of nitrogens with one attached hydrogen (secondary N) is 1. The average Bonchev–Trinajstić information content (AvgIpc) is 2.12. The molecular formula is C10H20N2O4. The van der Waals surface area contributed by atoms with Gasteiger partial charge in [-0.3, -0.25) is 10.2 Å². The monoisotopic (exact) mass is 232 g/mol. The highest BCUT2D eigenvalue weighted by Gasteiger charge is 2.20. The number of rotatable bonds is 4. The van der Waals surface area contributed by atoms with E-state index in [9.17, 15) is 9.90 Å². The lowest BCUT2D eigenvalue weighted by atomic mass is 10.2. The first kappa shape index (κ1) is 14.9. The number of alkyl carbamates (subject to hydrolysis) is 1. The van der Waals surface area contributed by atoms with Gasteiger partial charge >= 0.3 is 6.09 Å². The Morgan fingerprint density at radius 1 is 1.50 bits per heavy atom. The average molecular weight is 232 g/mol. The third kappa shape index (κ3) is 5.69. The van der Waals surface area contributed by atoms with Crippen molar-refractivity contribution < 1.29 is 19.5 Å². The molecule has 0 aliphatic heterocycles. The molecule has 0 aromatic carbocycles. The Balaban J connectivity index is 4.20. The SMILES string of the molecule is C=C(NC(=O)OC(C)(C)C)C(O)N(C)OC. The third-order valence-electron chi connectivity index (χ3n) is 1.61. The summed E-state index contributed by atoms with van der Waals surface area (Å²) in [6.45, 7) is 8.74. The van der Waals surface area contributed by atoms with Crippen LogP contribution in [-0.4, -0.2) is 42.2 Å². The Morgan fingerprint density at radius 2 is 2.00 bits per heavy atom. The Labute approximate surface area is 95.8 Å². The highest BCUT2D eigenvalue weighted by Crippen LogP contribution is 2.08. The van der Waals surface area contributed by atoms with E-state index < -0.39 is 17.9 Å². The molecule has 0 saturated heterocycles. The van der Waals surface area contributed by atoms with E-state index in [-0.39, 0.29) is 5.70 Å². The summed E-state index contributed by atoms with van der Waals surface area (Å²) in [6, 6.07) is 0. The third-order valence-corrected chi connectivity index (χ3v) is 1.61. The van der Waals surface area contributed by atoms with E-state index in [0.29, 0.717) is 0 Å². The van der Waals surface area contributed by atoms with Crippen molar-refractivity contribution in [2.24, 2.45) is 0 Å². The first-order valence-corrected chi connectivity index (χ1v) is 4.81. The molecule has 0 aromatic rings. The van der Waals surface area contributed by atoms with Gasteiger partial charge in [-0.15, -0.1) is 0 Å². The first-order valence-electron chi connectivity index (χ1n) is 4.81. The lowest BCUT2D eigenvalue weighted by Gasteiger charge is -2.24. The predicted molar refractivity (Wildman–Crippen MR) is 59.3 cm³/mol. The van der Waals surface area contributed by atoms with Crippen LogP contribution in [0.25, 0.3) is 0 Å². The molecule has 0 fully saturated rings. The number of likely N-dealkylation sites (N-methyl/N-ethyl adjacent to an activating group) is 1. The summed E-state index contributed by atoms with van der Waals surface area (Å²) in [5.74, 6) is 0. The molecule has 0 radical (unpaired) electrons. The Bertz CT molecular complexity index is 260. The van der Waals surface area contributed by atoms with Gasteiger partial charge in [0.25, 0.3) is 0 Å². The largest absolute Gasteiger partial charge is 0.444 e. The van der Waals surface area contributed by atoms with E-state index in [0.717, 1.165) is 5.06 Å². The smallest absolute Gasteiger partial charge is 0.412 e. The number of amides is 1. The van der Waals surface area contributed by atoms with E-state index >= 15 is 0 Å². The molecular weight excluding hydrogens is 212 g/mol. The van der Waals surface area contributed by atoms with Crippen LogP contribution in [0.15, 0.2) is 12.3 Å². The number of ether oxygens (including phenoxy) is 1. The number of aliphatic hydroxyl groups is 1.